The fraction of sp³-hybridized carbons (Fsp3) is 0.533. The Kier molecular flexibility index (Phi) is 4.17. The van der Waals surface area contributed by atoms with Crippen LogP contribution in [0.15, 0.2) is 21.4 Å². The molecule has 4 nitrogen and oxygen atoms in total. The van der Waals surface area contributed by atoms with Crippen LogP contribution in [-0.2, 0) is 18.8 Å². The van der Waals surface area contributed by atoms with Gasteiger partial charge in [-0.05, 0) is 36.5 Å². The monoisotopic (exact) mass is 372 g/mol. The van der Waals surface area contributed by atoms with Gasteiger partial charge in [-0.2, -0.15) is 0 Å². The molecule has 21 heavy (non-hydrogen) atoms. The second kappa shape index (κ2) is 5.78. The van der Waals surface area contributed by atoms with E-state index in [9.17, 15) is 4.79 Å². The average molecular weight is 374 g/mol. The molecule has 6 heteroatoms. The van der Waals surface area contributed by atoms with Crippen LogP contribution in [-0.4, -0.2) is 22.3 Å². The third kappa shape index (κ3) is 2.56. The second-order valence-corrected chi connectivity index (χ2v) is 6.94. The summed E-state index contributed by atoms with van der Waals surface area (Å²) < 4.78 is 9.69. The van der Waals surface area contributed by atoms with Crippen molar-refractivity contribution < 1.29 is 4.74 Å². The zero-order valence-electron chi connectivity index (χ0n) is 12.1. The molecule has 0 spiro atoms. The number of ether oxygens (including phenoxy) is 1. The number of hydrogen-bond acceptors (Lipinski definition) is 2. The molecule has 3 rings (SSSR count). The highest BCUT2D eigenvalue weighted by Crippen LogP contribution is 2.40. The molecule has 1 aromatic heterocycles. The lowest BCUT2D eigenvalue weighted by Gasteiger charge is -2.27. The van der Waals surface area contributed by atoms with E-state index in [-0.39, 0.29) is 11.1 Å². The Morgan fingerprint density at radius 1 is 1.24 bits per heavy atom. The SMILES string of the molecule is Cn1c(=O)n(C)c2cc(C(Cl)C3CCOCC3)c(Br)cc21. The maximum absolute atomic E-state index is 12.0. The molecule has 1 fully saturated rings. The lowest BCUT2D eigenvalue weighted by Crippen LogP contribution is -2.20. The maximum atomic E-state index is 12.0. The largest absolute Gasteiger partial charge is 0.381 e. The van der Waals surface area contributed by atoms with Gasteiger partial charge in [-0.25, -0.2) is 4.79 Å². The lowest BCUT2D eigenvalue weighted by molar-refractivity contribution is 0.0650. The van der Waals surface area contributed by atoms with E-state index in [1.54, 1.807) is 23.2 Å². The summed E-state index contributed by atoms with van der Waals surface area (Å²) in [5, 5.41) is -0.0667. The van der Waals surface area contributed by atoms with Crippen LogP contribution in [0.4, 0.5) is 0 Å². The van der Waals surface area contributed by atoms with Crippen LogP contribution < -0.4 is 5.69 Å². The minimum absolute atomic E-state index is 0.0220. The van der Waals surface area contributed by atoms with E-state index in [0.29, 0.717) is 5.92 Å². The summed E-state index contributed by atoms with van der Waals surface area (Å²) in [5.41, 5.74) is 2.86. The minimum Gasteiger partial charge on any atom is -0.381 e. The quantitative estimate of drug-likeness (QED) is 0.757. The number of benzene rings is 1. The van der Waals surface area contributed by atoms with Crippen molar-refractivity contribution in [2.75, 3.05) is 13.2 Å². The maximum Gasteiger partial charge on any atom is 0.328 e. The molecule has 2 heterocycles. The number of rotatable bonds is 2. The molecule has 1 aromatic carbocycles. The van der Waals surface area contributed by atoms with Crippen LogP contribution in [0.3, 0.4) is 0 Å². The van der Waals surface area contributed by atoms with Crippen molar-refractivity contribution in [3.05, 3.63) is 32.7 Å². The summed E-state index contributed by atoms with van der Waals surface area (Å²) >= 11 is 10.3. The van der Waals surface area contributed by atoms with Crippen molar-refractivity contribution in [1.29, 1.82) is 0 Å². The van der Waals surface area contributed by atoms with E-state index in [1.807, 2.05) is 12.1 Å². The van der Waals surface area contributed by atoms with Gasteiger partial charge in [-0.1, -0.05) is 15.9 Å². The summed E-state index contributed by atoms with van der Waals surface area (Å²) in [7, 11) is 3.58. The fourth-order valence-corrected chi connectivity index (χ4v) is 4.15. The molecule has 0 amide bonds. The molecule has 1 saturated heterocycles. The van der Waals surface area contributed by atoms with Crippen LogP contribution in [0.2, 0.25) is 0 Å². The summed E-state index contributed by atoms with van der Waals surface area (Å²) in [6.07, 6.45) is 1.96. The van der Waals surface area contributed by atoms with E-state index in [0.717, 1.165) is 47.1 Å². The van der Waals surface area contributed by atoms with E-state index in [1.165, 1.54) is 0 Å². The first kappa shape index (κ1) is 15.1. The third-order valence-electron chi connectivity index (χ3n) is 4.37. The van der Waals surface area contributed by atoms with Gasteiger partial charge in [0.1, 0.15) is 0 Å². The topological polar surface area (TPSA) is 36.2 Å². The van der Waals surface area contributed by atoms with Gasteiger partial charge in [0.25, 0.3) is 0 Å². The summed E-state index contributed by atoms with van der Waals surface area (Å²) in [6.45, 7) is 1.55. The van der Waals surface area contributed by atoms with E-state index in [4.69, 9.17) is 16.3 Å². The highest BCUT2D eigenvalue weighted by atomic mass is 79.9. The van der Waals surface area contributed by atoms with Crippen LogP contribution in [0, 0.1) is 5.92 Å². The lowest BCUT2D eigenvalue weighted by atomic mass is 9.91. The van der Waals surface area contributed by atoms with Crippen molar-refractivity contribution in [1.82, 2.24) is 9.13 Å². The predicted octanol–water partition coefficient (Wildman–Crippen LogP) is 3.35. The van der Waals surface area contributed by atoms with Gasteiger partial charge >= 0.3 is 5.69 Å². The first-order chi connectivity index (χ1) is 10.0. The van der Waals surface area contributed by atoms with E-state index < -0.39 is 0 Å². The zero-order valence-corrected chi connectivity index (χ0v) is 14.4. The molecule has 1 unspecified atom stereocenters. The number of fused-ring (bicyclic) bond motifs is 1. The fourth-order valence-electron chi connectivity index (χ4n) is 3.01. The zero-order chi connectivity index (χ0) is 15.1. The Labute approximate surface area is 136 Å². The number of hydrogen-bond donors (Lipinski definition) is 0. The van der Waals surface area contributed by atoms with E-state index >= 15 is 0 Å². The molecule has 0 saturated carbocycles. The number of imidazole rings is 1. The van der Waals surface area contributed by atoms with Crippen LogP contribution >= 0.6 is 27.5 Å². The molecule has 1 aliphatic rings. The first-order valence-electron chi connectivity index (χ1n) is 7.07. The number of alkyl halides is 1. The van der Waals surface area contributed by atoms with Crippen molar-refractivity contribution in [2.24, 2.45) is 20.0 Å². The Morgan fingerprint density at radius 2 is 1.81 bits per heavy atom. The summed E-state index contributed by atoms with van der Waals surface area (Å²) in [6, 6.07) is 4.02. The van der Waals surface area contributed by atoms with Gasteiger partial charge in [-0.15, -0.1) is 11.6 Å². The van der Waals surface area contributed by atoms with Gasteiger partial charge < -0.3 is 4.74 Å². The van der Waals surface area contributed by atoms with Gasteiger partial charge in [0, 0.05) is 31.8 Å². The van der Waals surface area contributed by atoms with Crippen LogP contribution in [0.5, 0.6) is 0 Å². The molecular weight excluding hydrogens is 356 g/mol. The summed E-state index contributed by atoms with van der Waals surface area (Å²) in [4.78, 5) is 12.0. The predicted molar refractivity (Wildman–Crippen MR) is 88.0 cm³/mol. The summed E-state index contributed by atoms with van der Waals surface area (Å²) in [5.74, 6) is 0.412. The normalized spacial score (nSPS) is 18.3. The number of aryl methyl sites for hydroxylation is 2. The minimum atomic E-state index is -0.0667. The van der Waals surface area contributed by atoms with Gasteiger partial charge in [-0.3, -0.25) is 9.13 Å². The Morgan fingerprint density at radius 3 is 2.43 bits per heavy atom. The molecule has 1 atom stereocenters. The van der Waals surface area contributed by atoms with Crippen LogP contribution in [0.25, 0.3) is 11.0 Å². The Bertz CT molecular complexity index is 731. The smallest absolute Gasteiger partial charge is 0.328 e. The molecular formula is C15H18BrClN2O2. The Hall–Kier alpha value is -0.780. The van der Waals surface area contributed by atoms with Gasteiger partial charge in [0.15, 0.2) is 0 Å². The van der Waals surface area contributed by atoms with Crippen molar-refractivity contribution in [3.63, 3.8) is 0 Å². The molecule has 2 aromatic rings. The highest BCUT2D eigenvalue weighted by Gasteiger charge is 2.26. The molecule has 0 radical (unpaired) electrons. The standard InChI is InChI=1S/C15H18BrClN2O2/c1-18-12-7-10(14(17)9-3-5-21-6-4-9)11(16)8-13(12)19(2)15(18)20/h7-9,14H,3-6H2,1-2H3. The Balaban J connectivity index is 2.08. The average Bonchev–Trinajstić information content (AvgIpc) is 2.71. The van der Waals surface area contributed by atoms with E-state index in [2.05, 4.69) is 15.9 Å². The second-order valence-electron chi connectivity index (χ2n) is 5.61. The van der Waals surface area contributed by atoms with Crippen molar-refractivity contribution in [2.45, 2.75) is 18.2 Å². The third-order valence-corrected chi connectivity index (χ3v) is 5.65. The highest BCUT2D eigenvalue weighted by molar-refractivity contribution is 9.10. The van der Waals surface area contributed by atoms with Crippen molar-refractivity contribution >= 4 is 38.6 Å². The number of nitrogens with zero attached hydrogens (tertiary/aromatic N) is 2. The molecule has 0 N–H and O–H groups in total. The van der Waals surface area contributed by atoms with Gasteiger partial charge in [0.05, 0.1) is 16.4 Å². The first-order valence-corrected chi connectivity index (χ1v) is 8.30. The van der Waals surface area contributed by atoms with Crippen molar-refractivity contribution in [3.8, 4) is 0 Å². The molecule has 1 aliphatic heterocycles. The molecule has 0 bridgehead atoms. The number of halogens is 2. The van der Waals surface area contributed by atoms with Gasteiger partial charge in [0.2, 0.25) is 0 Å². The molecule has 114 valence electrons. The molecule has 0 aliphatic carbocycles. The number of aromatic nitrogens is 2. The van der Waals surface area contributed by atoms with Crippen LogP contribution in [0.1, 0.15) is 23.8 Å².